The molecule has 5 nitrogen and oxygen atoms in total. The normalized spacial score (nSPS) is 19.3. The fourth-order valence-electron chi connectivity index (χ4n) is 5.01. The van der Waals surface area contributed by atoms with Crippen LogP contribution in [0.25, 0.3) is 0 Å². The van der Waals surface area contributed by atoms with Gasteiger partial charge in [-0.3, -0.25) is 9.69 Å². The standard InChI is InChI=1S/C27H32F6N4OS/c28-26(29,30)20-5-9-23(10-6-20)36-17-15-35(16-18-36)13-2-4-25(38)37-14-1-3-22(19-37)34-21-7-11-24(12-8-21)39-27(31,32)33/h5-12,22,34H,1-4,13-19H2. The number of hydrogen-bond acceptors (Lipinski definition) is 5. The van der Waals surface area contributed by atoms with Crippen molar-refractivity contribution in [2.45, 2.75) is 48.3 Å². The number of anilines is 2. The Bertz CT molecular complexity index is 1070. The molecule has 1 N–H and O–H groups in total. The number of carbonyl (C=O) groups is 1. The molecule has 0 spiro atoms. The molecule has 12 heteroatoms. The van der Waals surface area contributed by atoms with Crippen LogP contribution in [-0.4, -0.2) is 73.1 Å². The molecule has 39 heavy (non-hydrogen) atoms. The number of halogens is 6. The summed E-state index contributed by atoms with van der Waals surface area (Å²) in [5.41, 5.74) is -3.45. The largest absolute Gasteiger partial charge is 0.446 e. The van der Waals surface area contributed by atoms with Crippen molar-refractivity contribution in [3.63, 3.8) is 0 Å². The third-order valence-electron chi connectivity index (χ3n) is 7.03. The van der Waals surface area contributed by atoms with Crippen molar-refractivity contribution in [3.05, 3.63) is 54.1 Å². The van der Waals surface area contributed by atoms with Crippen LogP contribution in [0.5, 0.6) is 0 Å². The average Bonchev–Trinajstić information content (AvgIpc) is 2.89. The molecule has 4 rings (SSSR count). The monoisotopic (exact) mass is 574 g/mol. The zero-order valence-electron chi connectivity index (χ0n) is 21.4. The van der Waals surface area contributed by atoms with Gasteiger partial charge >= 0.3 is 11.7 Å². The molecule has 2 fully saturated rings. The third-order valence-corrected chi connectivity index (χ3v) is 7.77. The number of nitrogens with zero attached hydrogens (tertiary/aromatic N) is 3. The summed E-state index contributed by atoms with van der Waals surface area (Å²) < 4.78 is 75.9. The van der Waals surface area contributed by atoms with Crippen molar-refractivity contribution in [1.29, 1.82) is 0 Å². The van der Waals surface area contributed by atoms with Gasteiger partial charge in [0.1, 0.15) is 0 Å². The van der Waals surface area contributed by atoms with Gasteiger partial charge in [0, 0.05) is 68.0 Å². The molecule has 2 saturated heterocycles. The zero-order chi connectivity index (χ0) is 28.0. The van der Waals surface area contributed by atoms with E-state index in [9.17, 15) is 31.1 Å². The molecule has 2 heterocycles. The molecule has 1 atom stereocenters. The first-order chi connectivity index (χ1) is 18.5. The summed E-state index contributed by atoms with van der Waals surface area (Å²) in [6.45, 7) is 5.04. The van der Waals surface area contributed by atoms with Gasteiger partial charge in [-0.25, -0.2) is 0 Å². The van der Waals surface area contributed by atoms with E-state index in [1.54, 1.807) is 12.1 Å². The summed E-state index contributed by atoms with van der Waals surface area (Å²) >= 11 is -0.143. The predicted molar refractivity (Wildman–Crippen MR) is 141 cm³/mol. The van der Waals surface area contributed by atoms with Crippen molar-refractivity contribution in [3.8, 4) is 0 Å². The Kier molecular flexibility index (Phi) is 9.58. The van der Waals surface area contributed by atoms with Crippen molar-refractivity contribution >= 4 is 29.0 Å². The highest BCUT2D eigenvalue weighted by Gasteiger charge is 2.31. The molecule has 2 aliphatic rings. The maximum Gasteiger partial charge on any atom is 0.446 e. The Balaban J connectivity index is 1.15. The second-order valence-electron chi connectivity index (χ2n) is 9.87. The lowest BCUT2D eigenvalue weighted by Crippen LogP contribution is -2.47. The summed E-state index contributed by atoms with van der Waals surface area (Å²) in [5.74, 6) is 0.0989. The number of hydrogen-bond donors (Lipinski definition) is 1. The maximum atomic E-state index is 12.8. The molecule has 1 amide bonds. The van der Waals surface area contributed by atoms with E-state index in [2.05, 4.69) is 15.1 Å². The van der Waals surface area contributed by atoms with E-state index in [4.69, 9.17) is 0 Å². The molecule has 0 saturated carbocycles. The Morgan fingerprint density at radius 2 is 1.56 bits per heavy atom. The first kappa shape index (κ1) is 29.4. The van der Waals surface area contributed by atoms with Crippen LogP contribution in [0.2, 0.25) is 0 Å². The van der Waals surface area contributed by atoms with Gasteiger partial charge in [0.2, 0.25) is 5.91 Å². The molecule has 0 aromatic heterocycles. The summed E-state index contributed by atoms with van der Waals surface area (Å²) in [6.07, 6.45) is -1.43. The van der Waals surface area contributed by atoms with Gasteiger partial charge in [-0.1, -0.05) is 0 Å². The second kappa shape index (κ2) is 12.7. The SMILES string of the molecule is O=C(CCCN1CCN(c2ccc(C(F)(F)F)cc2)CC1)N1CCCC(Nc2ccc(SC(F)(F)F)cc2)C1. The lowest BCUT2D eigenvalue weighted by molar-refractivity contribution is -0.137. The summed E-state index contributed by atoms with van der Waals surface area (Å²) in [5, 5.41) is 3.34. The molecule has 214 valence electrons. The number of nitrogens with one attached hydrogen (secondary N) is 1. The smallest absolute Gasteiger partial charge is 0.381 e. The topological polar surface area (TPSA) is 38.8 Å². The summed E-state index contributed by atoms with van der Waals surface area (Å²) in [7, 11) is 0. The number of likely N-dealkylation sites (tertiary alicyclic amines) is 1. The highest BCUT2D eigenvalue weighted by molar-refractivity contribution is 8.00. The Labute approximate surface area is 228 Å². The predicted octanol–water partition coefficient (Wildman–Crippen LogP) is 6.32. The zero-order valence-corrected chi connectivity index (χ0v) is 22.2. The Morgan fingerprint density at radius 1 is 0.897 bits per heavy atom. The number of carbonyl (C=O) groups excluding carboxylic acids is 1. The number of rotatable bonds is 8. The van der Waals surface area contributed by atoms with Crippen LogP contribution in [-0.2, 0) is 11.0 Å². The first-order valence-electron chi connectivity index (χ1n) is 13.0. The minimum Gasteiger partial charge on any atom is -0.381 e. The molecular formula is C27H32F6N4OS. The molecule has 2 aromatic carbocycles. The lowest BCUT2D eigenvalue weighted by Gasteiger charge is -2.36. The summed E-state index contributed by atoms with van der Waals surface area (Å²) in [6, 6.07) is 11.4. The van der Waals surface area contributed by atoms with Crippen LogP contribution in [0.3, 0.4) is 0 Å². The molecule has 0 radical (unpaired) electrons. The number of benzene rings is 2. The first-order valence-corrected chi connectivity index (χ1v) is 13.8. The van der Waals surface area contributed by atoms with Crippen molar-refractivity contribution in [2.75, 3.05) is 56.0 Å². The molecule has 2 aliphatic heterocycles. The minimum atomic E-state index is -4.34. The molecule has 0 bridgehead atoms. The quantitative estimate of drug-likeness (QED) is 0.295. The van der Waals surface area contributed by atoms with Gasteiger partial charge in [0.15, 0.2) is 0 Å². The van der Waals surface area contributed by atoms with Crippen LogP contribution < -0.4 is 10.2 Å². The summed E-state index contributed by atoms with van der Waals surface area (Å²) in [4.78, 5) is 19.2. The van der Waals surface area contributed by atoms with Gasteiger partial charge < -0.3 is 15.1 Å². The van der Waals surface area contributed by atoms with E-state index < -0.39 is 17.2 Å². The molecule has 2 aromatic rings. The van der Waals surface area contributed by atoms with Crippen molar-refractivity contribution in [2.24, 2.45) is 0 Å². The van der Waals surface area contributed by atoms with Crippen molar-refractivity contribution in [1.82, 2.24) is 9.80 Å². The van der Waals surface area contributed by atoms with Crippen LogP contribution in [0.4, 0.5) is 37.7 Å². The Morgan fingerprint density at radius 3 is 2.18 bits per heavy atom. The van der Waals surface area contributed by atoms with Crippen LogP contribution in [0.15, 0.2) is 53.4 Å². The van der Waals surface area contributed by atoms with Crippen molar-refractivity contribution < 1.29 is 31.1 Å². The number of piperidine rings is 1. The number of amides is 1. The van der Waals surface area contributed by atoms with E-state index in [1.807, 2.05) is 4.90 Å². The van der Waals surface area contributed by atoms with Gasteiger partial charge in [0.05, 0.1) is 5.56 Å². The van der Waals surface area contributed by atoms with E-state index in [-0.39, 0.29) is 28.6 Å². The van der Waals surface area contributed by atoms with Gasteiger partial charge in [-0.15, -0.1) is 0 Å². The van der Waals surface area contributed by atoms with E-state index in [0.29, 0.717) is 32.6 Å². The van der Waals surface area contributed by atoms with Gasteiger partial charge in [-0.2, -0.15) is 26.3 Å². The highest BCUT2D eigenvalue weighted by atomic mass is 32.2. The van der Waals surface area contributed by atoms with E-state index in [1.165, 1.54) is 24.3 Å². The van der Waals surface area contributed by atoms with Gasteiger partial charge in [0.25, 0.3) is 0 Å². The second-order valence-corrected chi connectivity index (χ2v) is 11.0. The van der Waals surface area contributed by atoms with E-state index >= 15 is 0 Å². The van der Waals surface area contributed by atoms with Crippen LogP contribution in [0, 0.1) is 0 Å². The maximum absolute atomic E-state index is 12.8. The molecule has 0 aliphatic carbocycles. The van der Waals surface area contributed by atoms with E-state index in [0.717, 1.165) is 62.4 Å². The fraction of sp³-hybridized carbons (Fsp3) is 0.519. The van der Waals surface area contributed by atoms with Crippen LogP contribution >= 0.6 is 11.8 Å². The fourth-order valence-corrected chi connectivity index (χ4v) is 5.55. The Hall–Kier alpha value is -2.60. The average molecular weight is 575 g/mol. The number of thioether (sulfide) groups is 1. The van der Waals surface area contributed by atoms with Gasteiger partial charge in [-0.05, 0) is 86.1 Å². The molecular weight excluding hydrogens is 542 g/mol. The molecule has 1 unspecified atom stereocenters. The number of alkyl halides is 6. The number of piperazine rings is 1. The minimum absolute atomic E-state index is 0.0436. The third kappa shape index (κ3) is 8.96. The van der Waals surface area contributed by atoms with Crippen LogP contribution in [0.1, 0.15) is 31.2 Å². The highest BCUT2D eigenvalue weighted by Crippen LogP contribution is 2.37. The lowest BCUT2D eigenvalue weighted by atomic mass is 10.0.